The van der Waals surface area contributed by atoms with Crippen molar-refractivity contribution in [3.05, 3.63) is 32.6 Å². The van der Waals surface area contributed by atoms with Crippen LogP contribution in [-0.2, 0) is 0 Å². The molecular formula is C5H5FN2O2. The Hall–Kier alpha value is -1.39. The van der Waals surface area contributed by atoms with Crippen molar-refractivity contribution in [2.45, 2.75) is 6.92 Å². The summed E-state index contributed by atoms with van der Waals surface area (Å²) in [5, 5.41) is 0. The van der Waals surface area contributed by atoms with E-state index in [0.717, 1.165) is 6.20 Å². The Morgan fingerprint density at radius 3 is 2.70 bits per heavy atom. The van der Waals surface area contributed by atoms with Gasteiger partial charge in [-0.3, -0.25) is 9.78 Å². The fraction of sp³-hybridized carbons (Fsp3) is 0.200. The van der Waals surface area contributed by atoms with Crippen LogP contribution in [0.5, 0.6) is 0 Å². The Morgan fingerprint density at radius 1 is 1.60 bits per heavy atom. The summed E-state index contributed by atoms with van der Waals surface area (Å²) in [6.07, 6.45) is 0.834. The zero-order chi connectivity index (χ0) is 7.72. The Kier molecular flexibility index (Phi) is 1.41. The molecule has 0 spiro atoms. The Balaban J connectivity index is 3.59. The van der Waals surface area contributed by atoms with Gasteiger partial charge < -0.3 is 0 Å². The lowest BCUT2D eigenvalue weighted by Gasteiger charge is -1.90. The van der Waals surface area contributed by atoms with Crippen molar-refractivity contribution in [1.82, 2.24) is 9.77 Å². The normalized spacial score (nSPS) is 9.80. The van der Waals surface area contributed by atoms with E-state index in [4.69, 9.17) is 0 Å². The van der Waals surface area contributed by atoms with Crippen LogP contribution in [0.4, 0.5) is 4.48 Å². The summed E-state index contributed by atoms with van der Waals surface area (Å²) >= 11 is 0. The maximum Gasteiger partial charge on any atom is 0.356 e. The topological polar surface area (TPSA) is 54.9 Å². The lowest BCUT2D eigenvalue weighted by molar-refractivity contribution is 0.341. The standard InChI is InChI=1S/C5H5FN2O2/c1-3-2-8(6)5(10)7-4(3)9/h2H,1H3,(H,7,9,10). The number of nitrogens with one attached hydrogen (secondary N) is 1. The number of aryl methyl sites for hydroxylation is 1. The Labute approximate surface area is 54.9 Å². The third kappa shape index (κ3) is 0.975. The van der Waals surface area contributed by atoms with Crippen LogP contribution in [-0.4, -0.2) is 9.77 Å². The molecule has 0 amide bonds. The highest BCUT2D eigenvalue weighted by atomic mass is 19.2. The molecule has 0 aromatic carbocycles. The molecule has 0 fully saturated rings. The lowest BCUT2D eigenvalue weighted by atomic mass is 10.4. The van der Waals surface area contributed by atoms with Gasteiger partial charge in [-0.2, -0.15) is 0 Å². The van der Waals surface area contributed by atoms with Gasteiger partial charge in [0.25, 0.3) is 5.56 Å². The van der Waals surface area contributed by atoms with Crippen LogP contribution in [0.25, 0.3) is 0 Å². The van der Waals surface area contributed by atoms with Crippen molar-refractivity contribution in [3.8, 4) is 0 Å². The van der Waals surface area contributed by atoms with Crippen LogP contribution < -0.4 is 11.2 Å². The van der Waals surface area contributed by atoms with E-state index in [1.54, 1.807) is 4.98 Å². The molecule has 0 saturated carbocycles. The monoisotopic (exact) mass is 144 g/mol. The van der Waals surface area contributed by atoms with Gasteiger partial charge in [0.2, 0.25) is 0 Å². The maximum atomic E-state index is 12.2. The molecule has 0 bridgehead atoms. The van der Waals surface area contributed by atoms with Crippen molar-refractivity contribution < 1.29 is 4.48 Å². The molecule has 1 aromatic rings. The summed E-state index contributed by atoms with van der Waals surface area (Å²) in [6.45, 7) is 1.41. The summed E-state index contributed by atoms with van der Waals surface area (Å²) < 4.78 is 12.2. The molecular weight excluding hydrogens is 139 g/mol. The van der Waals surface area contributed by atoms with Gasteiger partial charge in [0.05, 0.1) is 6.20 Å². The molecule has 0 unspecified atom stereocenters. The van der Waals surface area contributed by atoms with Crippen molar-refractivity contribution in [2.24, 2.45) is 0 Å². The van der Waals surface area contributed by atoms with Gasteiger partial charge in [-0.1, -0.05) is 4.48 Å². The van der Waals surface area contributed by atoms with Gasteiger partial charge in [0, 0.05) is 5.56 Å². The van der Waals surface area contributed by atoms with Gasteiger partial charge in [0.15, 0.2) is 0 Å². The van der Waals surface area contributed by atoms with Crippen LogP contribution in [0, 0.1) is 6.92 Å². The number of nitrogens with zero attached hydrogens (tertiary/aromatic N) is 1. The summed E-state index contributed by atoms with van der Waals surface area (Å²) in [7, 11) is 0. The van der Waals surface area contributed by atoms with Crippen LogP contribution in [0.15, 0.2) is 15.8 Å². The number of hydrogen-bond acceptors (Lipinski definition) is 2. The first-order valence-corrected chi connectivity index (χ1v) is 2.60. The van der Waals surface area contributed by atoms with E-state index in [1.165, 1.54) is 6.92 Å². The van der Waals surface area contributed by atoms with E-state index < -0.39 is 11.2 Å². The maximum absolute atomic E-state index is 12.2. The fourth-order valence-electron chi connectivity index (χ4n) is 0.536. The third-order valence-corrected chi connectivity index (χ3v) is 1.08. The number of halogens is 1. The number of H-pyrrole nitrogens is 1. The van der Waals surface area contributed by atoms with Crippen molar-refractivity contribution in [1.29, 1.82) is 0 Å². The SMILES string of the molecule is Cc1cn(F)c(=O)[nH]c1=O. The molecule has 1 heterocycles. The minimum atomic E-state index is -1.05. The van der Waals surface area contributed by atoms with E-state index in [9.17, 15) is 14.1 Å². The second-order valence-electron chi connectivity index (χ2n) is 1.88. The predicted octanol–water partition coefficient (Wildman–Crippen LogP) is -0.422. The molecule has 0 atom stereocenters. The highest BCUT2D eigenvalue weighted by Gasteiger charge is 1.96. The average molecular weight is 144 g/mol. The summed E-state index contributed by atoms with van der Waals surface area (Å²) in [6, 6.07) is 0. The predicted molar refractivity (Wildman–Crippen MR) is 32.6 cm³/mol. The van der Waals surface area contributed by atoms with Crippen LogP contribution in [0.1, 0.15) is 5.56 Å². The quantitative estimate of drug-likeness (QED) is 0.537. The molecule has 5 heteroatoms. The highest BCUT2D eigenvalue weighted by molar-refractivity contribution is 4.99. The zero-order valence-electron chi connectivity index (χ0n) is 5.22. The third-order valence-electron chi connectivity index (χ3n) is 1.08. The molecule has 54 valence electrons. The number of aromatic amines is 1. The minimum Gasteiger partial charge on any atom is -0.272 e. The minimum absolute atomic E-state index is 0.169. The summed E-state index contributed by atoms with van der Waals surface area (Å²) in [5.74, 6) is 0. The first-order valence-electron chi connectivity index (χ1n) is 2.60. The summed E-state index contributed by atoms with van der Waals surface area (Å²) in [5.41, 5.74) is -1.43. The number of hydrogen-bond donors (Lipinski definition) is 1. The van der Waals surface area contributed by atoms with Gasteiger partial charge >= 0.3 is 5.69 Å². The van der Waals surface area contributed by atoms with Gasteiger partial charge in [-0.05, 0) is 6.92 Å². The smallest absolute Gasteiger partial charge is 0.272 e. The largest absolute Gasteiger partial charge is 0.356 e. The molecule has 1 N–H and O–H groups in total. The Bertz CT molecular complexity index is 320. The molecule has 0 aliphatic heterocycles. The van der Waals surface area contributed by atoms with Crippen LogP contribution >= 0.6 is 0 Å². The number of aromatic nitrogens is 2. The molecule has 1 rings (SSSR count). The van der Waals surface area contributed by atoms with Crippen LogP contribution in [0.3, 0.4) is 0 Å². The first kappa shape index (κ1) is 6.73. The van der Waals surface area contributed by atoms with Gasteiger partial charge in [0.1, 0.15) is 0 Å². The van der Waals surface area contributed by atoms with E-state index in [0.29, 0.717) is 0 Å². The van der Waals surface area contributed by atoms with Crippen molar-refractivity contribution in [2.75, 3.05) is 0 Å². The van der Waals surface area contributed by atoms with Crippen LogP contribution in [0.2, 0.25) is 0 Å². The van der Waals surface area contributed by atoms with Crippen molar-refractivity contribution >= 4 is 0 Å². The molecule has 0 aliphatic carbocycles. The van der Waals surface area contributed by atoms with Crippen molar-refractivity contribution in [3.63, 3.8) is 0 Å². The van der Waals surface area contributed by atoms with Gasteiger partial charge in [-0.25, -0.2) is 4.79 Å². The summed E-state index contributed by atoms with van der Waals surface area (Å²) in [4.78, 5) is 22.5. The lowest BCUT2D eigenvalue weighted by Crippen LogP contribution is -2.27. The second-order valence-corrected chi connectivity index (χ2v) is 1.88. The molecule has 0 saturated heterocycles. The Morgan fingerprint density at radius 2 is 2.20 bits per heavy atom. The van der Waals surface area contributed by atoms with E-state index in [1.807, 2.05) is 0 Å². The molecule has 0 aliphatic rings. The van der Waals surface area contributed by atoms with E-state index in [-0.39, 0.29) is 10.4 Å². The molecule has 0 radical (unpaired) electrons. The van der Waals surface area contributed by atoms with Gasteiger partial charge in [-0.15, -0.1) is 4.79 Å². The second kappa shape index (κ2) is 2.09. The molecule has 1 aromatic heterocycles. The average Bonchev–Trinajstić information content (AvgIpc) is 1.84. The molecule has 10 heavy (non-hydrogen) atoms. The first-order chi connectivity index (χ1) is 4.61. The zero-order valence-corrected chi connectivity index (χ0v) is 5.22. The highest BCUT2D eigenvalue weighted by Crippen LogP contribution is 1.80. The number of rotatable bonds is 0. The van der Waals surface area contributed by atoms with E-state index in [2.05, 4.69) is 0 Å². The van der Waals surface area contributed by atoms with E-state index >= 15 is 0 Å². The fourth-order valence-corrected chi connectivity index (χ4v) is 0.536. The molecule has 4 nitrogen and oxygen atoms in total.